The lowest BCUT2D eigenvalue weighted by Gasteiger charge is -2.14. The molecule has 4 heterocycles. The molecule has 6 aromatic rings. The van der Waals surface area contributed by atoms with Crippen molar-refractivity contribution >= 4 is 60.9 Å². The SMILES string of the molecule is C[C@@H](OC(=O)Nc1c(-c2cc3sc(-c4ccc5c(CC(=O)O)coc5c4)cc3s2)cnn1C)c1ccccc1. The Balaban J connectivity index is 1.22. The summed E-state index contributed by atoms with van der Waals surface area (Å²) >= 11 is 3.28. The highest BCUT2D eigenvalue weighted by Gasteiger charge is 2.20. The van der Waals surface area contributed by atoms with Gasteiger partial charge in [0.25, 0.3) is 0 Å². The van der Waals surface area contributed by atoms with Crippen molar-refractivity contribution in [3.05, 3.63) is 84.3 Å². The van der Waals surface area contributed by atoms with Crippen molar-refractivity contribution in [3.8, 4) is 20.9 Å². The predicted octanol–water partition coefficient (Wildman–Crippen LogP) is 7.71. The number of anilines is 1. The van der Waals surface area contributed by atoms with Gasteiger partial charge in [-0.1, -0.05) is 42.5 Å². The second-order valence-electron chi connectivity index (χ2n) is 9.11. The zero-order valence-electron chi connectivity index (χ0n) is 21.0. The maximum atomic E-state index is 12.7. The number of hydrogen-bond donors (Lipinski definition) is 2. The molecule has 2 aromatic carbocycles. The zero-order chi connectivity index (χ0) is 27.1. The molecule has 6 rings (SSSR count). The number of ether oxygens (including phenoxy) is 1. The number of nitrogens with zero attached hydrogens (tertiary/aromatic N) is 2. The molecule has 10 heteroatoms. The van der Waals surface area contributed by atoms with Crippen LogP contribution in [0.2, 0.25) is 0 Å². The number of amides is 1. The molecule has 4 aromatic heterocycles. The van der Waals surface area contributed by atoms with Crippen LogP contribution in [0.3, 0.4) is 0 Å². The number of aryl methyl sites for hydroxylation is 1. The second kappa shape index (κ2) is 10.0. The molecule has 39 heavy (non-hydrogen) atoms. The van der Waals surface area contributed by atoms with Crippen LogP contribution in [-0.4, -0.2) is 26.9 Å². The minimum Gasteiger partial charge on any atom is -0.481 e. The Bertz CT molecular complexity index is 1800. The first kappa shape index (κ1) is 24.9. The van der Waals surface area contributed by atoms with Gasteiger partial charge in [0.05, 0.1) is 24.4 Å². The van der Waals surface area contributed by atoms with E-state index >= 15 is 0 Å². The van der Waals surface area contributed by atoms with Crippen LogP contribution in [0.1, 0.15) is 24.2 Å². The molecule has 0 fully saturated rings. The van der Waals surface area contributed by atoms with Crippen LogP contribution in [0.25, 0.3) is 41.3 Å². The Hall–Kier alpha value is -4.41. The maximum absolute atomic E-state index is 12.7. The van der Waals surface area contributed by atoms with E-state index < -0.39 is 18.2 Å². The summed E-state index contributed by atoms with van der Waals surface area (Å²) in [5.41, 5.74) is 4.08. The first-order chi connectivity index (χ1) is 18.9. The number of aromatic nitrogens is 2. The normalized spacial score (nSPS) is 12.2. The van der Waals surface area contributed by atoms with Crippen LogP contribution in [-0.2, 0) is 23.0 Å². The number of rotatable bonds is 7. The minimum atomic E-state index is -0.887. The molecule has 1 atom stereocenters. The molecular formula is C29H23N3O5S2. The molecule has 0 saturated carbocycles. The predicted molar refractivity (Wildman–Crippen MR) is 153 cm³/mol. The van der Waals surface area contributed by atoms with Crippen LogP contribution in [0.4, 0.5) is 10.6 Å². The Morgan fingerprint density at radius 3 is 2.59 bits per heavy atom. The number of carbonyl (C=O) groups excluding carboxylic acids is 1. The van der Waals surface area contributed by atoms with Gasteiger partial charge in [-0.05, 0) is 36.2 Å². The fourth-order valence-corrected chi connectivity index (χ4v) is 6.90. The van der Waals surface area contributed by atoms with E-state index in [4.69, 9.17) is 14.3 Å². The fourth-order valence-electron chi connectivity index (χ4n) is 4.49. The van der Waals surface area contributed by atoms with Gasteiger partial charge in [0.15, 0.2) is 0 Å². The summed E-state index contributed by atoms with van der Waals surface area (Å²) in [5, 5.41) is 17.1. The number of benzene rings is 2. The second-order valence-corrected chi connectivity index (χ2v) is 11.3. The molecule has 0 aliphatic rings. The summed E-state index contributed by atoms with van der Waals surface area (Å²) < 4.78 is 15.1. The van der Waals surface area contributed by atoms with Crippen LogP contribution < -0.4 is 5.32 Å². The van der Waals surface area contributed by atoms with Gasteiger partial charge in [-0.3, -0.25) is 14.8 Å². The molecule has 2 N–H and O–H groups in total. The highest BCUT2D eigenvalue weighted by Crippen LogP contribution is 2.44. The van der Waals surface area contributed by atoms with Crippen LogP contribution >= 0.6 is 22.7 Å². The van der Waals surface area contributed by atoms with Crippen molar-refractivity contribution in [2.24, 2.45) is 7.05 Å². The smallest absolute Gasteiger partial charge is 0.413 e. The molecule has 0 spiro atoms. The quantitative estimate of drug-likeness (QED) is 0.208. The van der Waals surface area contributed by atoms with Crippen molar-refractivity contribution in [2.75, 3.05) is 5.32 Å². The van der Waals surface area contributed by atoms with Crippen molar-refractivity contribution in [1.82, 2.24) is 9.78 Å². The fraction of sp³-hybridized carbons (Fsp3) is 0.138. The maximum Gasteiger partial charge on any atom is 0.413 e. The van der Waals surface area contributed by atoms with Gasteiger partial charge in [-0.25, -0.2) is 4.79 Å². The van der Waals surface area contributed by atoms with Crippen molar-refractivity contribution in [1.29, 1.82) is 0 Å². The monoisotopic (exact) mass is 557 g/mol. The third-order valence-electron chi connectivity index (χ3n) is 6.47. The van der Waals surface area contributed by atoms with E-state index in [0.717, 1.165) is 41.2 Å². The molecule has 196 valence electrons. The Labute approximate surface area is 231 Å². The van der Waals surface area contributed by atoms with E-state index in [1.54, 1.807) is 40.6 Å². The number of carbonyl (C=O) groups is 2. The van der Waals surface area contributed by atoms with Gasteiger partial charge in [-0.2, -0.15) is 5.10 Å². The van der Waals surface area contributed by atoms with Crippen LogP contribution in [0, 0.1) is 0 Å². The third kappa shape index (κ3) is 4.91. The molecule has 0 bridgehead atoms. The number of nitrogens with one attached hydrogen (secondary N) is 1. The van der Waals surface area contributed by atoms with E-state index in [-0.39, 0.29) is 6.42 Å². The number of furan rings is 1. The standard InChI is InChI=1S/C29H23N3O5S2/c1-16(17-6-4-3-5-7-17)37-29(35)31-28-21(14-30-32(28)2)24-13-26-25(39-24)12-23(38-26)18-8-9-20-19(11-27(33)34)15-36-22(20)10-18/h3-10,12-16H,11H2,1-2H3,(H,31,35)(H,33,34)/t16-/m1/s1. The molecule has 0 radical (unpaired) electrons. The summed E-state index contributed by atoms with van der Waals surface area (Å²) in [6, 6.07) is 19.7. The number of carboxylic acids is 1. The Morgan fingerprint density at radius 2 is 1.82 bits per heavy atom. The lowest BCUT2D eigenvalue weighted by molar-refractivity contribution is -0.136. The molecule has 0 unspecified atom stereocenters. The molecule has 1 amide bonds. The van der Waals surface area contributed by atoms with Gasteiger partial charge >= 0.3 is 12.1 Å². The van der Waals surface area contributed by atoms with E-state index in [1.165, 1.54) is 6.26 Å². The Morgan fingerprint density at radius 1 is 1.08 bits per heavy atom. The van der Waals surface area contributed by atoms with E-state index in [0.29, 0.717) is 17.0 Å². The number of thiophene rings is 2. The average Bonchev–Trinajstić information content (AvgIpc) is 3.68. The Kier molecular flexibility index (Phi) is 6.41. The number of fused-ring (bicyclic) bond motifs is 2. The number of aliphatic carboxylic acids is 1. The summed E-state index contributed by atoms with van der Waals surface area (Å²) in [6.45, 7) is 1.84. The first-order valence-electron chi connectivity index (χ1n) is 12.2. The lowest BCUT2D eigenvalue weighted by Crippen LogP contribution is -2.18. The van der Waals surface area contributed by atoms with Crippen molar-refractivity contribution < 1.29 is 23.8 Å². The topological polar surface area (TPSA) is 107 Å². The lowest BCUT2D eigenvalue weighted by atomic mass is 10.1. The van der Waals surface area contributed by atoms with Crippen molar-refractivity contribution in [3.63, 3.8) is 0 Å². The average molecular weight is 558 g/mol. The molecule has 0 aliphatic heterocycles. The van der Waals surface area contributed by atoms with Crippen LogP contribution in [0.15, 0.2) is 77.5 Å². The third-order valence-corrected chi connectivity index (χ3v) is 8.84. The largest absolute Gasteiger partial charge is 0.481 e. The van der Waals surface area contributed by atoms with Gasteiger partial charge in [0, 0.05) is 37.2 Å². The van der Waals surface area contributed by atoms with E-state index in [1.807, 2.05) is 55.5 Å². The summed E-state index contributed by atoms with van der Waals surface area (Å²) in [4.78, 5) is 25.9. The van der Waals surface area contributed by atoms with E-state index in [2.05, 4.69) is 22.5 Å². The van der Waals surface area contributed by atoms with Crippen molar-refractivity contribution in [2.45, 2.75) is 19.4 Å². The summed E-state index contributed by atoms with van der Waals surface area (Å²) in [7, 11) is 1.78. The molecule has 0 saturated heterocycles. The minimum absolute atomic E-state index is 0.0706. The number of hydrogen-bond acceptors (Lipinski definition) is 7. The molecule has 0 aliphatic carbocycles. The van der Waals surface area contributed by atoms with Gasteiger partial charge in [0.2, 0.25) is 0 Å². The summed E-state index contributed by atoms with van der Waals surface area (Å²) in [5.74, 6) is -0.323. The van der Waals surface area contributed by atoms with Crippen LogP contribution in [0.5, 0.6) is 0 Å². The van der Waals surface area contributed by atoms with Gasteiger partial charge < -0.3 is 14.3 Å². The highest BCUT2D eigenvalue weighted by molar-refractivity contribution is 7.31. The zero-order valence-corrected chi connectivity index (χ0v) is 22.6. The molecule has 8 nitrogen and oxygen atoms in total. The summed E-state index contributed by atoms with van der Waals surface area (Å²) in [6.07, 6.45) is 2.25. The highest BCUT2D eigenvalue weighted by atomic mass is 32.1. The molecular weight excluding hydrogens is 534 g/mol. The first-order valence-corrected chi connectivity index (χ1v) is 13.8. The van der Waals surface area contributed by atoms with E-state index in [9.17, 15) is 9.59 Å². The number of carboxylic acid groups (broad SMARTS) is 1. The van der Waals surface area contributed by atoms with Gasteiger partial charge in [-0.15, -0.1) is 22.7 Å². The van der Waals surface area contributed by atoms with Gasteiger partial charge in [0.1, 0.15) is 17.5 Å².